The van der Waals surface area contributed by atoms with Crippen LogP contribution in [0.4, 0.5) is 21.5 Å². The van der Waals surface area contributed by atoms with Crippen molar-refractivity contribution in [2.75, 3.05) is 11.1 Å². The number of hydrogen-bond acceptors (Lipinski definition) is 2. The first-order valence-corrected chi connectivity index (χ1v) is 5.99. The lowest BCUT2D eigenvalue weighted by molar-refractivity contribution is 0.633. The molecule has 0 aliphatic rings. The molecule has 0 bridgehead atoms. The third-order valence-electron chi connectivity index (χ3n) is 2.86. The molecule has 0 radical (unpaired) electrons. The number of nitrogens with one attached hydrogen (secondary N) is 1. The second-order valence-electron chi connectivity index (χ2n) is 4.60. The van der Waals surface area contributed by atoms with Gasteiger partial charge in [0.25, 0.3) is 0 Å². The Kier molecular flexibility index (Phi) is 3.51. The molecular formula is C15H17FN2. The van der Waals surface area contributed by atoms with Gasteiger partial charge in [-0.15, -0.1) is 0 Å². The molecule has 0 spiro atoms. The van der Waals surface area contributed by atoms with Gasteiger partial charge in [-0.25, -0.2) is 4.39 Å². The van der Waals surface area contributed by atoms with E-state index in [1.807, 2.05) is 18.2 Å². The summed E-state index contributed by atoms with van der Waals surface area (Å²) in [5, 5.41) is 3.23. The Morgan fingerprint density at radius 2 is 1.83 bits per heavy atom. The number of benzene rings is 2. The molecule has 0 saturated heterocycles. The van der Waals surface area contributed by atoms with Gasteiger partial charge in [0.1, 0.15) is 5.82 Å². The minimum absolute atomic E-state index is 0.165. The van der Waals surface area contributed by atoms with E-state index in [1.165, 1.54) is 11.6 Å². The van der Waals surface area contributed by atoms with E-state index in [2.05, 4.69) is 25.2 Å². The van der Waals surface area contributed by atoms with Crippen LogP contribution < -0.4 is 11.1 Å². The second kappa shape index (κ2) is 5.08. The fraction of sp³-hybridized carbons (Fsp3) is 0.200. The van der Waals surface area contributed by atoms with E-state index >= 15 is 0 Å². The predicted octanol–water partition coefficient (Wildman–Crippen LogP) is 4.27. The van der Waals surface area contributed by atoms with Crippen molar-refractivity contribution in [3.05, 3.63) is 53.8 Å². The molecule has 0 amide bonds. The Morgan fingerprint density at radius 3 is 2.50 bits per heavy atom. The van der Waals surface area contributed by atoms with Crippen molar-refractivity contribution in [3.63, 3.8) is 0 Å². The van der Waals surface area contributed by atoms with Gasteiger partial charge in [-0.1, -0.05) is 32.0 Å². The van der Waals surface area contributed by atoms with Crippen molar-refractivity contribution in [2.45, 2.75) is 19.8 Å². The highest BCUT2D eigenvalue weighted by Crippen LogP contribution is 2.27. The minimum atomic E-state index is -0.401. The summed E-state index contributed by atoms with van der Waals surface area (Å²) in [6.07, 6.45) is 0. The molecular weight excluding hydrogens is 227 g/mol. The highest BCUT2D eigenvalue weighted by Gasteiger charge is 2.06. The van der Waals surface area contributed by atoms with Crippen molar-refractivity contribution in [2.24, 2.45) is 0 Å². The monoisotopic (exact) mass is 244 g/mol. The quantitative estimate of drug-likeness (QED) is 0.791. The summed E-state index contributed by atoms with van der Waals surface area (Å²) in [5.41, 5.74) is 8.53. The van der Waals surface area contributed by atoms with E-state index in [0.29, 0.717) is 11.6 Å². The normalized spacial score (nSPS) is 10.7. The Labute approximate surface area is 107 Å². The van der Waals surface area contributed by atoms with E-state index in [0.717, 1.165) is 5.69 Å². The van der Waals surface area contributed by atoms with Crippen molar-refractivity contribution in [1.82, 2.24) is 0 Å². The third kappa shape index (κ3) is 2.62. The summed E-state index contributed by atoms with van der Waals surface area (Å²) in [6.45, 7) is 4.26. The van der Waals surface area contributed by atoms with Gasteiger partial charge in [0.05, 0.1) is 5.69 Å². The Hall–Kier alpha value is -2.03. The highest BCUT2D eigenvalue weighted by atomic mass is 19.1. The van der Waals surface area contributed by atoms with Gasteiger partial charge >= 0.3 is 0 Å². The summed E-state index contributed by atoms with van der Waals surface area (Å²) in [7, 11) is 0. The zero-order valence-electron chi connectivity index (χ0n) is 10.6. The molecule has 0 unspecified atom stereocenters. The number of halogens is 1. The van der Waals surface area contributed by atoms with Gasteiger partial charge in [0, 0.05) is 11.4 Å². The Morgan fingerprint density at radius 1 is 1.11 bits per heavy atom. The second-order valence-corrected chi connectivity index (χ2v) is 4.60. The van der Waals surface area contributed by atoms with Gasteiger partial charge in [0.15, 0.2) is 0 Å². The van der Waals surface area contributed by atoms with Crippen LogP contribution in [0.5, 0.6) is 0 Å². The van der Waals surface area contributed by atoms with Gasteiger partial charge in [-0.3, -0.25) is 0 Å². The average Bonchev–Trinajstić information content (AvgIpc) is 2.34. The van der Waals surface area contributed by atoms with Crippen LogP contribution in [-0.2, 0) is 0 Å². The number of nitrogens with two attached hydrogens (primary N) is 1. The van der Waals surface area contributed by atoms with Gasteiger partial charge in [0.2, 0.25) is 0 Å². The molecule has 18 heavy (non-hydrogen) atoms. The summed E-state index contributed by atoms with van der Waals surface area (Å²) < 4.78 is 13.4. The van der Waals surface area contributed by atoms with E-state index < -0.39 is 5.82 Å². The maximum Gasteiger partial charge on any atom is 0.148 e. The fourth-order valence-corrected chi connectivity index (χ4v) is 1.87. The van der Waals surface area contributed by atoms with Crippen molar-refractivity contribution < 1.29 is 4.39 Å². The summed E-state index contributed by atoms with van der Waals surface area (Å²) in [4.78, 5) is 0. The smallest absolute Gasteiger partial charge is 0.148 e. The lowest BCUT2D eigenvalue weighted by atomic mass is 10.0. The number of para-hydroxylation sites is 1. The molecule has 94 valence electrons. The maximum absolute atomic E-state index is 13.4. The van der Waals surface area contributed by atoms with Crippen LogP contribution in [0.3, 0.4) is 0 Å². The number of anilines is 3. The standard InChI is InChI=1S/C15H17FN2/c1-10(2)12-5-3-4-6-15(12)18-11-7-8-14(17)13(16)9-11/h3-10,18H,17H2,1-2H3. The summed E-state index contributed by atoms with van der Waals surface area (Å²) in [6, 6.07) is 12.8. The van der Waals surface area contributed by atoms with Crippen LogP contribution in [-0.4, -0.2) is 0 Å². The molecule has 2 aromatic rings. The van der Waals surface area contributed by atoms with Crippen LogP contribution in [0, 0.1) is 5.82 Å². The topological polar surface area (TPSA) is 38.0 Å². The molecule has 0 fully saturated rings. The SMILES string of the molecule is CC(C)c1ccccc1Nc1ccc(N)c(F)c1. The van der Waals surface area contributed by atoms with E-state index in [9.17, 15) is 4.39 Å². The Balaban J connectivity index is 2.31. The number of rotatable bonds is 3. The van der Waals surface area contributed by atoms with Crippen molar-refractivity contribution in [1.29, 1.82) is 0 Å². The zero-order chi connectivity index (χ0) is 13.1. The molecule has 0 heterocycles. The molecule has 3 N–H and O–H groups in total. The van der Waals surface area contributed by atoms with E-state index in [-0.39, 0.29) is 5.69 Å². The first-order chi connectivity index (χ1) is 8.58. The van der Waals surface area contributed by atoms with E-state index in [1.54, 1.807) is 12.1 Å². The van der Waals surface area contributed by atoms with Crippen molar-refractivity contribution >= 4 is 17.1 Å². The molecule has 2 nitrogen and oxygen atoms in total. The minimum Gasteiger partial charge on any atom is -0.396 e. The molecule has 0 aliphatic heterocycles. The molecule has 0 aromatic heterocycles. The van der Waals surface area contributed by atoms with E-state index in [4.69, 9.17) is 5.73 Å². The van der Waals surface area contributed by atoms with Crippen LogP contribution in [0.25, 0.3) is 0 Å². The van der Waals surface area contributed by atoms with Crippen LogP contribution >= 0.6 is 0 Å². The first kappa shape index (κ1) is 12.4. The molecule has 2 aromatic carbocycles. The molecule has 3 heteroatoms. The zero-order valence-corrected chi connectivity index (χ0v) is 10.6. The molecule has 0 saturated carbocycles. The van der Waals surface area contributed by atoms with Gasteiger partial charge in [-0.05, 0) is 35.7 Å². The molecule has 2 rings (SSSR count). The van der Waals surface area contributed by atoms with Gasteiger partial charge < -0.3 is 11.1 Å². The molecule has 0 aliphatic carbocycles. The largest absolute Gasteiger partial charge is 0.396 e. The maximum atomic E-state index is 13.4. The lowest BCUT2D eigenvalue weighted by Gasteiger charge is -2.14. The lowest BCUT2D eigenvalue weighted by Crippen LogP contribution is -1.99. The van der Waals surface area contributed by atoms with Crippen LogP contribution in [0.2, 0.25) is 0 Å². The van der Waals surface area contributed by atoms with Crippen LogP contribution in [0.15, 0.2) is 42.5 Å². The van der Waals surface area contributed by atoms with Crippen LogP contribution in [0.1, 0.15) is 25.3 Å². The average molecular weight is 244 g/mol. The van der Waals surface area contributed by atoms with Gasteiger partial charge in [-0.2, -0.15) is 0 Å². The van der Waals surface area contributed by atoms with Crippen molar-refractivity contribution in [3.8, 4) is 0 Å². The fourth-order valence-electron chi connectivity index (χ4n) is 1.87. The predicted molar refractivity (Wildman–Crippen MR) is 74.6 cm³/mol. The summed E-state index contributed by atoms with van der Waals surface area (Å²) in [5.74, 6) is 0.00866. The number of hydrogen-bond donors (Lipinski definition) is 2. The first-order valence-electron chi connectivity index (χ1n) is 5.99. The number of nitrogen functional groups attached to an aromatic ring is 1. The highest BCUT2D eigenvalue weighted by molar-refractivity contribution is 5.65. The molecule has 0 atom stereocenters. The third-order valence-corrected chi connectivity index (χ3v) is 2.86. The Bertz CT molecular complexity index is 550. The summed E-state index contributed by atoms with van der Waals surface area (Å²) >= 11 is 0.